The molecule has 2 atom stereocenters. The van der Waals surface area contributed by atoms with Crippen LogP contribution in [0.3, 0.4) is 0 Å². The summed E-state index contributed by atoms with van der Waals surface area (Å²) in [5.41, 5.74) is 1.04. The zero-order valence-electron chi connectivity index (χ0n) is 11.2. The van der Waals surface area contributed by atoms with E-state index in [1.807, 2.05) is 6.20 Å². The summed E-state index contributed by atoms with van der Waals surface area (Å²) in [6.07, 6.45) is 12.2. The van der Waals surface area contributed by atoms with Crippen LogP contribution in [0.4, 0.5) is 0 Å². The third-order valence-electron chi connectivity index (χ3n) is 4.63. The number of oxazole rings is 1. The maximum Gasteiger partial charge on any atom is 0.180 e. The van der Waals surface area contributed by atoms with Crippen molar-refractivity contribution in [2.24, 2.45) is 0 Å². The molecule has 0 saturated carbocycles. The Labute approximate surface area is 126 Å². The van der Waals surface area contributed by atoms with Gasteiger partial charge in [-0.1, -0.05) is 0 Å². The van der Waals surface area contributed by atoms with Crippen molar-refractivity contribution in [3.8, 4) is 0 Å². The Morgan fingerprint density at radius 1 is 1.25 bits per heavy atom. The highest BCUT2D eigenvalue weighted by atomic mass is 79.9. The maximum absolute atomic E-state index is 5.08. The number of hydrogen-bond acceptors (Lipinski definition) is 4. The summed E-state index contributed by atoms with van der Waals surface area (Å²) in [6, 6.07) is 1.84. The SMILES string of the molecule is Brc1cnn(C2CC3CCC(C2)N3Cc2cocn2)c1. The van der Waals surface area contributed by atoms with Gasteiger partial charge in [0.1, 0.15) is 6.26 Å². The third kappa shape index (κ3) is 2.20. The Hall–Kier alpha value is -1.14. The third-order valence-corrected chi connectivity index (χ3v) is 5.04. The molecule has 0 aliphatic carbocycles. The maximum atomic E-state index is 5.08. The molecule has 2 aliphatic heterocycles. The van der Waals surface area contributed by atoms with Crippen LogP contribution in [-0.2, 0) is 6.54 Å². The second kappa shape index (κ2) is 5.00. The molecule has 20 heavy (non-hydrogen) atoms. The van der Waals surface area contributed by atoms with Crippen molar-refractivity contribution >= 4 is 15.9 Å². The lowest BCUT2D eigenvalue weighted by molar-refractivity contribution is 0.0938. The van der Waals surface area contributed by atoms with Crippen LogP contribution in [0.25, 0.3) is 0 Å². The Morgan fingerprint density at radius 3 is 2.65 bits per heavy atom. The van der Waals surface area contributed by atoms with E-state index in [1.165, 1.54) is 32.1 Å². The zero-order valence-corrected chi connectivity index (χ0v) is 12.7. The molecule has 2 aromatic rings. The van der Waals surface area contributed by atoms with Gasteiger partial charge in [0.25, 0.3) is 0 Å². The van der Waals surface area contributed by atoms with E-state index < -0.39 is 0 Å². The highest BCUT2D eigenvalue weighted by Gasteiger charge is 2.41. The van der Waals surface area contributed by atoms with Gasteiger partial charge >= 0.3 is 0 Å². The van der Waals surface area contributed by atoms with E-state index in [0.29, 0.717) is 18.1 Å². The van der Waals surface area contributed by atoms with Crippen molar-refractivity contribution in [3.05, 3.63) is 35.2 Å². The van der Waals surface area contributed by atoms with Crippen molar-refractivity contribution in [2.75, 3.05) is 0 Å². The first-order chi connectivity index (χ1) is 9.79. The van der Waals surface area contributed by atoms with Gasteiger partial charge in [0, 0.05) is 24.8 Å². The number of piperidine rings is 1. The Morgan fingerprint density at radius 2 is 2.05 bits per heavy atom. The number of fused-ring (bicyclic) bond motifs is 2. The van der Waals surface area contributed by atoms with Crippen molar-refractivity contribution < 1.29 is 4.42 Å². The number of rotatable bonds is 3. The van der Waals surface area contributed by atoms with E-state index >= 15 is 0 Å². The van der Waals surface area contributed by atoms with Crippen LogP contribution < -0.4 is 0 Å². The molecule has 2 saturated heterocycles. The number of hydrogen-bond donors (Lipinski definition) is 0. The lowest BCUT2D eigenvalue weighted by Gasteiger charge is -2.38. The van der Waals surface area contributed by atoms with Crippen molar-refractivity contribution in [2.45, 2.75) is 50.4 Å². The van der Waals surface area contributed by atoms with E-state index in [2.05, 4.69) is 41.8 Å². The average molecular weight is 337 g/mol. The molecular weight excluding hydrogens is 320 g/mol. The molecular formula is C14H17BrN4O. The van der Waals surface area contributed by atoms with E-state index in [-0.39, 0.29) is 0 Å². The largest absolute Gasteiger partial charge is 0.451 e. The van der Waals surface area contributed by atoms with Crippen LogP contribution >= 0.6 is 15.9 Å². The lowest BCUT2D eigenvalue weighted by atomic mass is 9.97. The summed E-state index contributed by atoms with van der Waals surface area (Å²) in [6.45, 7) is 0.918. The molecule has 2 unspecified atom stereocenters. The molecule has 106 valence electrons. The van der Waals surface area contributed by atoms with Crippen LogP contribution in [0.1, 0.15) is 37.4 Å². The highest BCUT2D eigenvalue weighted by molar-refractivity contribution is 9.10. The quantitative estimate of drug-likeness (QED) is 0.864. The van der Waals surface area contributed by atoms with Gasteiger partial charge in [-0.2, -0.15) is 5.10 Å². The molecule has 0 amide bonds. The summed E-state index contributed by atoms with van der Waals surface area (Å²) in [7, 11) is 0. The normalized spacial score (nSPS) is 29.9. The molecule has 0 N–H and O–H groups in total. The first-order valence-corrected chi connectivity index (χ1v) is 7.91. The lowest BCUT2D eigenvalue weighted by Crippen LogP contribution is -2.43. The Bertz CT molecular complexity index is 568. The second-order valence-corrected chi connectivity index (χ2v) is 6.72. The highest BCUT2D eigenvalue weighted by Crippen LogP contribution is 2.41. The van der Waals surface area contributed by atoms with Gasteiger partial charge in [-0.05, 0) is 41.6 Å². The molecule has 6 heteroatoms. The summed E-state index contributed by atoms with van der Waals surface area (Å²) in [4.78, 5) is 6.86. The average Bonchev–Trinajstić information content (AvgIpc) is 3.13. The monoisotopic (exact) mass is 336 g/mol. The fourth-order valence-electron chi connectivity index (χ4n) is 3.74. The Balaban J connectivity index is 1.49. The van der Waals surface area contributed by atoms with Gasteiger partial charge in [-0.3, -0.25) is 9.58 Å². The number of nitrogens with zero attached hydrogens (tertiary/aromatic N) is 4. The van der Waals surface area contributed by atoms with Crippen LogP contribution in [0, 0.1) is 0 Å². The predicted molar refractivity (Wildman–Crippen MR) is 77.1 cm³/mol. The Kier molecular flexibility index (Phi) is 3.15. The molecule has 4 heterocycles. The van der Waals surface area contributed by atoms with E-state index in [9.17, 15) is 0 Å². The van der Waals surface area contributed by atoms with E-state index in [0.717, 1.165) is 16.7 Å². The molecule has 5 nitrogen and oxygen atoms in total. The van der Waals surface area contributed by atoms with Gasteiger partial charge < -0.3 is 4.42 Å². The van der Waals surface area contributed by atoms with Gasteiger partial charge in [-0.15, -0.1) is 0 Å². The minimum absolute atomic E-state index is 0.535. The zero-order chi connectivity index (χ0) is 13.5. The first-order valence-electron chi connectivity index (χ1n) is 7.12. The summed E-state index contributed by atoms with van der Waals surface area (Å²) in [5.74, 6) is 0. The van der Waals surface area contributed by atoms with Gasteiger partial charge in [0.2, 0.25) is 0 Å². The summed E-state index contributed by atoms with van der Waals surface area (Å²) < 4.78 is 8.28. The van der Waals surface area contributed by atoms with Crippen LogP contribution in [0.2, 0.25) is 0 Å². The number of aromatic nitrogens is 3. The van der Waals surface area contributed by atoms with Crippen molar-refractivity contribution in [1.82, 2.24) is 19.7 Å². The fraction of sp³-hybridized carbons (Fsp3) is 0.571. The minimum atomic E-state index is 0.535. The van der Waals surface area contributed by atoms with Crippen LogP contribution in [-0.4, -0.2) is 31.7 Å². The van der Waals surface area contributed by atoms with Crippen molar-refractivity contribution in [1.29, 1.82) is 0 Å². The molecule has 0 aromatic carbocycles. The molecule has 4 rings (SSSR count). The van der Waals surface area contributed by atoms with Gasteiger partial charge in [-0.25, -0.2) is 4.98 Å². The number of halogens is 1. The van der Waals surface area contributed by atoms with Crippen LogP contribution in [0.15, 0.2) is 33.9 Å². The second-order valence-electron chi connectivity index (χ2n) is 5.80. The summed E-state index contributed by atoms with van der Waals surface area (Å²) in [5, 5.41) is 4.46. The predicted octanol–water partition coefficient (Wildman–Crippen LogP) is 3.00. The van der Waals surface area contributed by atoms with Crippen molar-refractivity contribution in [3.63, 3.8) is 0 Å². The smallest absolute Gasteiger partial charge is 0.180 e. The van der Waals surface area contributed by atoms with E-state index in [1.54, 1.807) is 6.26 Å². The molecule has 0 spiro atoms. The van der Waals surface area contributed by atoms with Gasteiger partial charge in [0.15, 0.2) is 6.39 Å². The fourth-order valence-corrected chi connectivity index (χ4v) is 4.04. The molecule has 2 aliphatic rings. The standard InChI is InChI=1S/C14H17BrN4O/c15-10-5-17-19(6-10)14-3-12-1-2-13(4-14)18(12)7-11-8-20-9-16-11/h5-6,8-9,12-14H,1-4,7H2. The minimum Gasteiger partial charge on any atom is -0.451 e. The molecule has 2 fully saturated rings. The van der Waals surface area contributed by atoms with Crippen LogP contribution in [0.5, 0.6) is 0 Å². The first kappa shape index (κ1) is 12.6. The van der Waals surface area contributed by atoms with Gasteiger partial charge in [0.05, 0.1) is 22.4 Å². The summed E-state index contributed by atoms with van der Waals surface area (Å²) >= 11 is 3.48. The topological polar surface area (TPSA) is 47.1 Å². The molecule has 2 aromatic heterocycles. The molecule has 2 bridgehead atoms. The molecule has 0 radical (unpaired) electrons. The van der Waals surface area contributed by atoms with E-state index in [4.69, 9.17) is 4.42 Å².